The molecule has 0 unspecified atom stereocenters. The highest BCUT2D eigenvalue weighted by atomic mass is 16.7. The van der Waals surface area contributed by atoms with Gasteiger partial charge in [-0.05, 0) is 66.3 Å². The van der Waals surface area contributed by atoms with Gasteiger partial charge < -0.3 is 14.6 Å². The van der Waals surface area contributed by atoms with Gasteiger partial charge in [-0.1, -0.05) is 60.2 Å². The lowest BCUT2D eigenvalue weighted by molar-refractivity contribution is 0.0511. The van der Waals surface area contributed by atoms with Crippen molar-refractivity contribution in [3.05, 3.63) is 95.1 Å². The lowest BCUT2D eigenvalue weighted by Crippen LogP contribution is -1.99. The molecular formula is C26H26O4. The maximum absolute atomic E-state index is 11.0. The van der Waals surface area contributed by atoms with E-state index in [1.165, 1.54) is 5.56 Å². The highest BCUT2D eigenvalue weighted by Crippen LogP contribution is 2.29. The van der Waals surface area contributed by atoms with Crippen LogP contribution < -0.4 is 4.74 Å². The molecule has 0 aliphatic carbocycles. The first-order valence-electron chi connectivity index (χ1n) is 9.88. The Labute approximate surface area is 177 Å². The Bertz CT molecular complexity index is 1000. The van der Waals surface area contributed by atoms with E-state index in [-0.39, 0.29) is 6.79 Å². The monoisotopic (exact) mass is 402 g/mol. The largest absolute Gasteiger partial charge is 0.478 e. The number of benzene rings is 3. The average Bonchev–Trinajstić information content (AvgIpc) is 2.76. The van der Waals surface area contributed by atoms with E-state index < -0.39 is 5.97 Å². The molecule has 0 aliphatic heterocycles. The molecule has 0 aromatic heterocycles. The third-order valence-corrected chi connectivity index (χ3v) is 4.83. The summed E-state index contributed by atoms with van der Waals surface area (Å²) in [6.45, 7) is 2.29. The molecule has 154 valence electrons. The molecule has 0 aliphatic rings. The molecule has 0 saturated carbocycles. The van der Waals surface area contributed by atoms with Crippen LogP contribution in [-0.4, -0.2) is 25.0 Å². The van der Waals surface area contributed by atoms with Crippen LogP contribution >= 0.6 is 0 Å². The van der Waals surface area contributed by atoms with Crippen molar-refractivity contribution in [2.45, 2.75) is 19.8 Å². The molecule has 4 heteroatoms. The van der Waals surface area contributed by atoms with E-state index in [9.17, 15) is 4.79 Å². The second-order valence-electron chi connectivity index (χ2n) is 7.11. The van der Waals surface area contributed by atoms with Crippen LogP contribution in [0.3, 0.4) is 0 Å². The van der Waals surface area contributed by atoms with Gasteiger partial charge >= 0.3 is 5.97 Å². The highest BCUT2D eigenvalue weighted by molar-refractivity contribution is 5.87. The smallest absolute Gasteiger partial charge is 0.335 e. The Hall–Kier alpha value is -3.37. The number of hydrogen-bond donors (Lipinski definition) is 1. The van der Waals surface area contributed by atoms with Crippen LogP contribution in [0.2, 0.25) is 0 Å². The molecule has 0 bridgehead atoms. The molecule has 30 heavy (non-hydrogen) atoms. The second kappa shape index (κ2) is 10.4. The van der Waals surface area contributed by atoms with Crippen LogP contribution in [0.25, 0.3) is 17.2 Å². The van der Waals surface area contributed by atoms with Crippen molar-refractivity contribution in [2.75, 3.05) is 13.9 Å². The third-order valence-electron chi connectivity index (χ3n) is 4.83. The number of carboxylic acids is 1. The van der Waals surface area contributed by atoms with Gasteiger partial charge in [-0.25, -0.2) is 4.79 Å². The zero-order valence-electron chi connectivity index (χ0n) is 17.3. The summed E-state index contributed by atoms with van der Waals surface area (Å²) in [4.78, 5) is 11.0. The molecule has 0 atom stereocenters. The number of carbonyl (C=O) groups is 1. The standard InChI is InChI=1S/C26H26O4/c1-19-7-11-22(12-8-19)25-17-24(30-18-29-2)16-15-21(25)6-4-3-5-20-9-13-23(14-10-20)26(27)28/h4,6-17H,3,5,18H2,1-2H3,(H,27,28)/b6-4+. The zero-order chi connectivity index (χ0) is 21.3. The van der Waals surface area contributed by atoms with E-state index in [1.807, 2.05) is 24.3 Å². The van der Waals surface area contributed by atoms with Gasteiger partial charge in [0, 0.05) is 7.11 Å². The van der Waals surface area contributed by atoms with Crippen molar-refractivity contribution in [3.63, 3.8) is 0 Å². The Morgan fingerprint density at radius 3 is 2.40 bits per heavy atom. The number of carboxylic acid groups (broad SMARTS) is 1. The van der Waals surface area contributed by atoms with Crippen molar-refractivity contribution in [3.8, 4) is 16.9 Å². The number of ether oxygens (including phenoxy) is 2. The minimum absolute atomic E-state index is 0.212. The summed E-state index contributed by atoms with van der Waals surface area (Å²) in [6, 6.07) is 21.5. The summed E-state index contributed by atoms with van der Waals surface area (Å²) >= 11 is 0. The lowest BCUT2D eigenvalue weighted by atomic mass is 9.97. The molecule has 0 fully saturated rings. The fourth-order valence-corrected chi connectivity index (χ4v) is 3.15. The number of aryl methyl sites for hydroxylation is 2. The van der Waals surface area contributed by atoms with Crippen molar-refractivity contribution in [1.82, 2.24) is 0 Å². The van der Waals surface area contributed by atoms with Gasteiger partial charge in [0.25, 0.3) is 0 Å². The zero-order valence-corrected chi connectivity index (χ0v) is 17.3. The van der Waals surface area contributed by atoms with Crippen molar-refractivity contribution in [2.24, 2.45) is 0 Å². The number of aromatic carboxylic acids is 1. The van der Waals surface area contributed by atoms with E-state index in [0.717, 1.165) is 40.8 Å². The second-order valence-corrected chi connectivity index (χ2v) is 7.11. The molecule has 0 saturated heterocycles. The summed E-state index contributed by atoms with van der Waals surface area (Å²) in [6.07, 6.45) is 5.99. The Balaban J connectivity index is 1.74. The fourth-order valence-electron chi connectivity index (χ4n) is 3.15. The molecule has 4 nitrogen and oxygen atoms in total. The maximum atomic E-state index is 11.0. The molecule has 3 aromatic rings. The summed E-state index contributed by atoms with van der Waals surface area (Å²) in [5, 5.41) is 8.99. The topological polar surface area (TPSA) is 55.8 Å². The molecule has 0 spiro atoms. The molecule has 0 heterocycles. The third kappa shape index (κ3) is 5.82. The Kier molecular flexibility index (Phi) is 7.41. The fraction of sp³-hybridized carbons (Fsp3) is 0.192. The van der Waals surface area contributed by atoms with Crippen molar-refractivity contribution >= 4 is 12.0 Å². The van der Waals surface area contributed by atoms with Crippen LogP contribution in [0, 0.1) is 6.92 Å². The van der Waals surface area contributed by atoms with Crippen LogP contribution in [0.1, 0.15) is 33.5 Å². The van der Waals surface area contributed by atoms with Crippen LogP contribution in [-0.2, 0) is 11.2 Å². The first-order chi connectivity index (χ1) is 14.6. The molecule has 0 amide bonds. The first-order valence-corrected chi connectivity index (χ1v) is 9.88. The van der Waals surface area contributed by atoms with E-state index >= 15 is 0 Å². The van der Waals surface area contributed by atoms with Crippen LogP contribution in [0.5, 0.6) is 5.75 Å². The van der Waals surface area contributed by atoms with E-state index in [2.05, 4.69) is 49.4 Å². The van der Waals surface area contributed by atoms with Crippen molar-refractivity contribution in [1.29, 1.82) is 0 Å². The van der Waals surface area contributed by atoms with Gasteiger partial charge in [0.15, 0.2) is 6.79 Å². The number of methoxy groups -OCH3 is 1. The molecule has 3 rings (SSSR count). The molecular weight excluding hydrogens is 376 g/mol. The van der Waals surface area contributed by atoms with Crippen molar-refractivity contribution < 1.29 is 19.4 Å². The van der Waals surface area contributed by atoms with E-state index in [4.69, 9.17) is 14.6 Å². The Morgan fingerprint density at radius 2 is 1.73 bits per heavy atom. The summed E-state index contributed by atoms with van der Waals surface area (Å²) in [5.74, 6) is -0.133. The Morgan fingerprint density at radius 1 is 1.00 bits per heavy atom. The van der Waals surface area contributed by atoms with Gasteiger partial charge in [-0.15, -0.1) is 0 Å². The number of rotatable bonds is 9. The predicted molar refractivity (Wildman–Crippen MR) is 120 cm³/mol. The quantitative estimate of drug-likeness (QED) is 0.447. The van der Waals surface area contributed by atoms with E-state index in [0.29, 0.717) is 5.56 Å². The summed E-state index contributed by atoms with van der Waals surface area (Å²) < 4.78 is 10.6. The highest BCUT2D eigenvalue weighted by Gasteiger charge is 2.06. The maximum Gasteiger partial charge on any atom is 0.335 e. The van der Waals surface area contributed by atoms with Gasteiger partial charge in [0.05, 0.1) is 5.56 Å². The lowest BCUT2D eigenvalue weighted by Gasteiger charge is -2.11. The van der Waals surface area contributed by atoms with Gasteiger partial charge in [-0.2, -0.15) is 0 Å². The molecule has 3 aromatic carbocycles. The van der Waals surface area contributed by atoms with Gasteiger partial charge in [0.2, 0.25) is 0 Å². The molecule has 0 radical (unpaired) electrons. The van der Waals surface area contributed by atoms with Crippen LogP contribution in [0.4, 0.5) is 0 Å². The number of allylic oxidation sites excluding steroid dienone is 1. The summed E-state index contributed by atoms with van der Waals surface area (Å²) in [7, 11) is 1.60. The molecule has 1 N–H and O–H groups in total. The number of hydrogen-bond acceptors (Lipinski definition) is 3. The first kappa shape index (κ1) is 21.3. The summed E-state index contributed by atoms with van der Waals surface area (Å²) in [5.41, 5.74) is 6.00. The van der Waals surface area contributed by atoms with Crippen LogP contribution in [0.15, 0.2) is 72.8 Å². The minimum Gasteiger partial charge on any atom is -0.478 e. The van der Waals surface area contributed by atoms with Gasteiger partial charge in [0.1, 0.15) is 5.75 Å². The average molecular weight is 402 g/mol. The van der Waals surface area contributed by atoms with E-state index in [1.54, 1.807) is 19.2 Å². The normalized spacial score (nSPS) is 11.0. The van der Waals surface area contributed by atoms with Gasteiger partial charge in [-0.3, -0.25) is 0 Å². The predicted octanol–water partition coefficient (Wildman–Crippen LogP) is 5.99. The minimum atomic E-state index is -0.900. The SMILES string of the molecule is COCOc1ccc(/C=C/CCc2ccc(C(=O)O)cc2)c(-c2ccc(C)cc2)c1.